The molecule has 6 nitrogen and oxygen atoms in total. The van der Waals surface area contributed by atoms with Gasteiger partial charge >= 0.3 is 17.9 Å². The van der Waals surface area contributed by atoms with Crippen molar-refractivity contribution in [3.8, 4) is 0 Å². The molecule has 1 aliphatic heterocycles. The van der Waals surface area contributed by atoms with Crippen molar-refractivity contribution < 1.29 is 29.3 Å². The van der Waals surface area contributed by atoms with E-state index in [4.69, 9.17) is 14.9 Å². The number of carboxylic acid groups (broad SMARTS) is 2. The summed E-state index contributed by atoms with van der Waals surface area (Å²) < 4.78 is 4.70. The number of hydrogen-bond acceptors (Lipinski definition) is 4. The van der Waals surface area contributed by atoms with Gasteiger partial charge in [0.1, 0.15) is 6.61 Å². The molecule has 1 heterocycles. The predicted molar refractivity (Wildman–Crippen MR) is 51.7 cm³/mol. The Bertz CT molecular complexity index is 394. The SMILES string of the molecule is CCC1(C)COC(=O)C(C(=O)O)=C1C(=O)O. The van der Waals surface area contributed by atoms with Gasteiger partial charge in [0, 0.05) is 5.41 Å². The van der Waals surface area contributed by atoms with Gasteiger partial charge in [-0.2, -0.15) is 0 Å². The molecule has 1 unspecified atom stereocenters. The number of carboxylic acids is 2. The van der Waals surface area contributed by atoms with Crippen LogP contribution in [0, 0.1) is 5.41 Å². The molecule has 88 valence electrons. The van der Waals surface area contributed by atoms with Crippen molar-refractivity contribution in [1.29, 1.82) is 0 Å². The van der Waals surface area contributed by atoms with Crippen LogP contribution in [-0.2, 0) is 19.1 Å². The van der Waals surface area contributed by atoms with Crippen LogP contribution in [0.2, 0.25) is 0 Å². The molecular formula is C10H12O6. The quantitative estimate of drug-likeness (QED) is 0.536. The molecular weight excluding hydrogens is 216 g/mol. The van der Waals surface area contributed by atoms with Crippen LogP contribution in [0.1, 0.15) is 20.3 Å². The third-order valence-corrected chi connectivity index (χ3v) is 2.79. The number of cyclic esters (lactones) is 1. The zero-order valence-corrected chi connectivity index (χ0v) is 8.94. The van der Waals surface area contributed by atoms with E-state index >= 15 is 0 Å². The first-order chi connectivity index (χ1) is 7.33. The predicted octanol–water partition coefficient (Wildman–Crippen LogP) is 0.425. The zero-order chi connectivity index (χ0) is 12.5. The van der Waals surface area contributed by atoms with Gasteiger partial charge in [0.25, 0.3) is 0 Å². The Morgan fingerprint density at radius 2 is 1.94 bits per heavy atom. The van der Waals surface area contributed by atoms with Crippen LogP contribution < -0.4 is 0 Å². The van der Waals surface area contributed by atoms with Gasteiger partial charge < -0.3 is 14.9 Å². The van der Waals surface area contributed by atoms with Crippen molar-refractivity contribution in [2.24, 2.45) is 5.41 Å². The monoisotopic (exact) mass is 228 g/mol. The zero-order valence-electron chi connectivity index (χ0n) is 8.94. The number of carbonyl (C=O) groups excluding carboxylic acids is 1. The number of ether oxygens (including phenoxy) is 1. The first-order valence-corrected chi connectivity index (χ1v) is 4.72. The fourth-order valence-electron chi connectivity index (χ4n) is 1.61. The van der Waals surface area contributed by atoms with Crippen molar-refractivity contribution >= 4 is 17.9 Å². The summed E-state index contributed by atoms with van der Waals surface area (Å²) in [6.45, 7) is 3.16. The van der Waals surface area contributed by atoms with Crippen LogP contribution in [0.25, 0.3) is 0 Å². The minimum atomic E-state index is -1.57. The second kappa shape index (κ2) is 3.96. The Kier molecular flexibility index (Phi) is 3.02. The van der Waals surface area contributed by atoms with Crippen LogP contribution in [0.15, 0.2) is 11.1 Å². The summed E-state index contributed by atoms with van der Waals surface area (Å²) in [4.78, 5) is 33.2. The van der Waals surface area contributed by atoms with E-state index in [1.54, 1.807) is 13.8 Å². The van der Waals surface area contributed by atoms with Gasteiger partial charge in [-0.3, -0.25) is 0 Å². The molecule has 16 heavy (non-hydrogen) atoms. The molecule has 0 bridgehead atoms. The Morgan fingerprint density at radius 3 is 2.31 bits per heavy atom. The number of carbonyl (C=O) groups is 3. The molecule has 1 rings (SSSR count). The van der Waals surface area contributed by atoms with Crippen molar-refractivity contribution in [2.75, 3.05) is 6.61 Å². The minimum Gasteiger partial charge on any atom is -0.478 e. The van der Waals surface area contributed by atoms with Gasteiger partial charge in [0.15, 0.2) is 5.57 Å². The second-order valence-corrected chi connectivity index (χ2v) is 3.85. The lowest BCUT2D eigenvalue weighted by Crippen LogP contribution is -2.39. The average Bonchev–Trinajstić information content (AvgIpc) is 2.20. The normalized spacial score (nSPS) is 25.2. The van der Waals surface area contributed by atoms with Gasteiger partial charge in [-0.25, -0.2) is 14.4 Å². The van der Waals surface area contributed by atoms with E-state index in [0.717, 1.165) is 0 Å². The van der Waals surface area contributed by atoms with Gasteiger partial charge in [0.05, 0.1) is 5.57 Å². The van der Waals surface area contributed by atoms with Crippen LogP contribution in [0.3, 0.4) is 0 Å². The highest BCUT2D eigenvalue weighted by Crippen LogP contribution is 2.37. The molecule has 0 amide bonds. The maximum absolute atomic E-state index is 11.2. The molecule has 0 spiro atoms. The van der Waals surface area contributed by atoms with E-state index in [9.17, 15) is 14.4 Å². The minimum absolute atomic E-state index is 0.110. The molecule has 6 heteroatoms. The molecule has 1 atom stereocenters. The molecule has 0 aromatic rings. The van der Waals surface area contributed by atoms with E-state index in [1.165, 1.54) is 0 Å². The third-order valence-electron chi connectivity index (χ3n) is 2.79. The fourth-order valence-corrected chi connectivity index (χ4v) is 1.61. The Morgan fingerprint density at radius 1 is 1.38 bits per heavy atom. The molecule has 0 fully saturated rings. The van der Waals surface area contributed by atoms with Crippen molar-refractivity contribution in [2.45, 2.75) is 20.3 Å². The molecule has 1 aliphatic rings. The smallest absolute Gasteiger partial charge is 0.346 e. The van der Waals surface area contributed by atoms with Crippen LogP contribution in [0.5, 0.6) is 0 Å². The van der Waals surface area contributed by atoms with Gasteiger partial charge in [-0.1, -0.05) is 13.8 Å². The molecule has 0 aliphatic carbocycles. The van der Waals surface area contributed by atoms with Crippen LogP contribution >= 0.6 is 0 Å². The molecule has 0 saturated carbocycles. The molecule has 0 aromatic heterocycles. The number of aliphatic carboxylic acids is 2. The standard InChI is InChI=1S/C10H12O6/c1-3-10(2)4-16-9(15)5(7(11)12)6(10)8(13)14/h3-4H2,1-2H3,(H,11,12)(H,13,14). The lowest BCUT2D eigenvalue weighted by atomic mass is 9.76. The van der Waals surface area contributed by atoms with E-state index in [-0.39, 0.29) is 12.2 Å². The van der Waals surface area contributed by atoms with Gasteiger partial charge in [-0.15, -0.1) is 0 Å². The molecule has 0 saturated heterocycles. The van der Waals surface area contributed by atoms with E-state index in [1.807, 2.05) is 0 Å². The molecule has 0 aromatic carbocycles. The summed E-state index contributed by atoms with van der Waals surface area (Å²) in [6.07, 6.45) is 0.374. The summed E-state index contributed by atoms with van der Waals surface area (Å²) in [5.41, 5.74) is -2.10. The third kappa shape index (κ3) is 1.78. The van der Waals surface area contributed by atoms with Gasteiger partial charge in [-0.05, 0) is 6.42 Å². The average molecular weight is 228 g/mol. The highest BCUT2D eigenvalue weighted by atomic mass is 16.5. The summed E-state index contributed by atoms with van der Waals surface area (Å²) in [6, 6.07) is 0. The number of esters is 1. The fraction of sp³-hybridized carbons (Fsp3) is 0.500. The lowest BCUT2D eigenvalue weighted by molar-refractivity contribution is -0.152. The molecule has 2 N–H and O–H groups in total. The highest BCUT2D eigenvalue weighted by Gasteiger charge is 2.44. The topological polar surface area (TPSA) is 101 Å². The van der Waals surface area contributed by atoms with Gasteiger partial charge in [0.2, 0.25) is 0 Å². The maximum Gasteiger partial charge on any atom is 0.346 e. The summed E-state index contributed by atoms with van der Waals surface area (Å²) in [5, 5.41) is 17.8. The Balaban J connectivity index is 3.48. The lowest BCUT2D eigenvalue weighted by Gasteiger charge is -2.32. The summed E-state index contributed by atoms with van der Waals surface area (Å²) in [7, 11) is 0. The van der Waals surface area contributed by atoms with Crippen LogP contribution in [0.4, 0.5) is 0 Å². The maximum atomic E-state index is 11.2. The molecule has 0 radical (unpaired) electrons. The Labute approximate surface area is 91.5 Å². The summed E-state index contributed by atoms with van der Waals surface area (Å²) in [5.74, 6) is -4.05. The van der Waals surface area contributed by atoms with Crippen molar-refractivity contribution in [1.82, 2.24) is 0 Å². The largest absolute Gasteiger partial charge is 0.478 e. The van der Waals surface area contributed by atoms with Crippen molar-refractivity contribution in [3.05, 3.63) is 11.1 Å². The van der Waals surface area contributed by atoms with E-state index in [0.29, 0.717) is 6.42 Å². The number of rotatable bonds is 3. The second-order valence-electron chi connectivity index (χ2n) is 3.85. The highest BCUT2D eigenvalue weighted by molar-refractivity contribution is 6.19. The first kappa shape index (κ1) is 12.2. The van der Waals surface area contributed by atoms with E-state index in [2.05, 4.69) is 0 Å². The Hall–Kier alpha value is -1.85. The van der Waals surface area contributed by atoms with E-state index < -0.39 is 28.9 Å². The summed E-state index contributed by atoms with van der Waals surface area (Å²) >= 11 is 0. The number of hydrogen-bond donors (Lipinski definition) is 2. The first-order valence-electron chi connectivity index (χ1n) is 4.72. The van der Waals surface area contributed by atoms with Crippen LogP contribution in [-0.4, -0.2) is 34.7 Å². The van der Waals surface area contributed by atoms with Crippen molar-refractivity contribution in [3.63, 3.8) is 0 Å².